The van der Waals surface area contributed by atoms with E-state index in [0.29, 0.717) is 0 Å². The monoisotopic (exact) mass is 249 g/mol. The fourth-order valence-electron chi connectivity index (χ4n) is 1.62. The van der Waals surface area contributed by atoms with Crippen LogP contribution in [0.1, 0.15) is 72.1 Å². The lowest BCUT2D eigenvalue weighted by Crippen LogP contribution is -2.15. The van der Waals surface area contributed by atoms with Crippen LogP contribution < -0.4 is 5.32 Å². The smallest absolute Gasteiger partial charge is 0.0146 e. The molecule has 0 radical (unpaired) electrons. The maximum Gasteiger partial charge on any atom is 0.0146 e. The molecule has 0 atom stereocenters. The van der Waals surface area contributed by atoms with Gasteiger partial charge in [0.1, 0.15) is 0 Å². The molecule has 0 saturated heterocycles. The van der Waals surface area contributed by atoms with E-state index in [1.807, 2.05) is 0 Å². The van der Waals surface area contributed by atoms with E-state index >= 15 is 0 Å². The zero-order valence-electron chi connectivity index (χ0n) is 12.6. The van der Waals surface area contributed by atoms with Crippen LogP contribution in [0.25, 0.3) is 0 Å². The molecule has 0 rings (SSSR count). The summed E-state index contributed by atoms with van der Waals surface area (Å²) in [7, 11) is 0. The number of nitrogens with one attached hydrogen (secondary N) is 1. The molecule has 1 nitrogen and oxygen atoms in total. The van der Waals surface area contributed by atoms with E-state index < -0.39 is 0 Å². The van der Waals surface area contributed by atoms with Crippen LogP contribution in [-0.4, -0.2) is 13.1 Å². The topological polar surface area (TPSA) is 12.0 Å². The third kappa shape index (κ3) is 11.7. The van der Waals surface area contributed by atoms with Crippen LogP contribution in [0.5, 0.6) is 0 Å². The Kier molecular flexibility index (Phi) is 13.7. The number of hydrogen-bond donors (Lipinski definition) is 1. The van der Waals surface area contributed by atoms with Crippen molar-refractivity contribution < 1.29 is 0 Å². The molecule has 18 heavy (non-hydrogen) atoms. The second-order valence-corrected chi connectivity index (χ2v) is 4.80. The second-order valence-electron chi connectivity index (χ2n) is 4.80. The Bertz CT molecular complexity index is 255. The predicted molar refractivity (Wildman–Crippen MR) is 82.7 cm³/mol. The van der Waals surface area contributed by atoms with Crippen molar-refractivity contribution >= 4 is 0 Å². The standard InChI is InChI=1S/C17H31N/c1-4-7-10-11-13-17(12-8-5-2)14-16-18-15-9-6-3/h14,18H,4-10,12,15-16H2,1-3H3/b17-14-. The van der Waals surface area contributed by atoms with Crippen molar-refractivity contribution in [1.29, 1.82) is 0 Å². The highest BCUT2D eigenvalue weighted by Crippen LogP contribution is 2.06. The number of hydrogen-bond acceptors (Lipinski definition) is 1. The molecule has 0 spiro atoms. The van der Waals surface area contributed by atoms with Gasteiger partial charge >= 0.3 is 0 Å². The first-order chi connectivity index (χ1) is 8.85. The van der Waals surface area contributed by atoms with E-state index in [1.54, 1.807) is 0 Å². The average molecular weight is 249 g/mol. The highest BCUT2D eigenvalue weighted by molar-refractivity contribution is 5.28. The molecule has 0 aromatic carbocycles. The summed E-state index contributed by atoms with van der Waals surface area (Å²) in [5.41, 5.74) is 1.33. The van der Waals surface area contributed by atoms with Gasteiger partial charge < -0.3 is 5.32 Å². The summed E-state index contributed by atoms with van der Waals surface area (Å²) in [6, 6.07) is 0. The molecule has 104 valence electrons. The molecule has 0 bridgehead atoms. The minimum absolute atomic E-state index is 0.974. The van der Waals surface area contributed by atoms with Gasteiger partial charge in [0.05, 0.1) is 0 Å². The highest BCUT2D eigenvalue weighted by Gasteiger charge is 1.92. The Labute approximate surface area is 114 Å². The molecule has 0 aromatic rings. The Morgan fingerprint density at radius 1 is 1.00 bits per heavy atom. The summed E-state index contributed by atoms with van der Waals surface area (Å²) in [6.07, 6.45) is 12.0. The summed E-state index contributed by atoms with van der Waals surface area (Å²) in [6.45, 7) is 8.77. The Balaban J connectivity index is 4.01. The lowest BCUT2D eigenvalue weighted by Gasteiger charge is -2.02. The first-order valence-electron chi connectivity index (χ1n) is 7.73. The first kappa shape index (κ1) is 17.3. The molecule has 0 amide bonds. The van der Waals surface area contributed by atoms with Gasteiger partial charge in [0.15, 0.2) is 0 Å². The first-order valence-corrected chi connectivity index (χ1v) is 7.73. The molecule has 0 aliphatic carbocycles. The van der Waals surface area contributed by atoms with Gasteiger partial charge in [-0.3, -0.25) is 0 Å². The summed E-state index contributed by atoms with van der Waals surface area (Å²) < 4.78 is 0. The van der Waals surface area contributed by atoms with E-state index in [9.17, 15) is 0 Å². The summed E-state index contributed by atoms with van der Waals surface area (Å²) in [5.74, 6) is 6.65. The van der Waals surface area contributed by atoms with Crippen LogP contribution in [0.4, 0.5) is 0 Å². The molecule has 1 N–H and O–H groups in total. The molecule has 0 aliphatic heterocycles. The van der Waals surface area contributed by atoms with Gasteiger partial charge in [-0.15, -0.1) is 0 Å². The van der Waals surface area contributed by atoms with E-state index in [0.717, 1.165) is 25.9 Å². The van der Waals surface area contributed by atoms with E-state index in [4.69, 9.17) is 0 Å². The molecule has 0 aliphatic rings. The molecule has 0 aromatic heterocycles. The molecular formula is C17H31N. The van der Waals surface area contributed by atoms with Gasteiger partial charge in [-0.25, -0.2) is 0 Å². The molecular weight excluding hydrogens is 218 g/mol. The average Bonchev–Trinajstić information content (AvgIpc) is 2.39. The quantitative estimate of drug-likeness (QED) is 0.437. The van der Waals surface area contributed by atoms with Crippen LogP contribution in [0, 0.1) is 11.8 Å². The normalized spacial score (nSPS) is 11.2. The lowest BCUT2D eigenvalue weighted by molar-refractivity contribution is 0.679. The minimum Gasteiger partial charge on any atom is -0.313 e. The number of allylic oxidation sites excluding steroid dienone is 1. The fourth-order valence-corrected chi connectivity index (χ4v) is 1.62. The van der Waals surface area contributed by atoms with Gasteiger partial charge in [0.25, 0.3) is 0 Å². The predicted octanol–water partition coefficient (Wildman–Crippen LogP) is 4.69. The molecule has 0 heterocycles. The maximum atomic E-state index is 3.45. The third-order valence-corrected chi connectivity index (χ3v) is 2.90. The zero-order valence-corrected chi connectivity index (χ0v) is 12.6. The summed E-state index contributed by atoms with van der Waals surface area (Å²) in [5, 5.41) is 3.45. The highest BCUT2D eigenvalue weighted by atomic mass is 14.8. The second kappa shape index (κ2) is 14.3. The van der Waals surface area contributed by atoms with Crippen LogP contribution in [0.2, 0.25) is 0 Å². The van der Waals surface area contributed by atoms with E-state index in [1.165, 1.54) is 44.1 Å². The third-order valence-electron chi connectivity index (χ3n) is 2.90. The number of unbranched alkanes of at least 4 members (excludes halogenated alkanes) is 4. The maximum absolute atomic E-state index is 3.45. The molecule has 0 saturated carbocycles. The Morgan fingerprint density at radius 2 is 1.72 bits per heavy atom. The summed E-state index contributed by atoms with van der Waals surface area (Å²) in [4.78, 5) is 0. The van der Waals surface area contributed by atoms with Gasteiger partial charge in [-0.1, -0.05) is 58.0 Å². The van der Waals surface area contributed by atoms with Crippen molar-refractivity contribution in [2.75, 3.05) is 13.1 Å². The largest absolute Gasteiger partial charge is 0.313 e. The Hall–Kier alpha value is -0.740. The van der Waals surface area contributed by atoms with Crippen LogP contribution in [0.15, 0.2) is 11.6 Å². The lowest BCUT2D eigenvalue weighted by atomic mass is 10.1. The molecule has 0 unspecified atom stereocenters. The van der Waals surface area contributed by atoms with Gasteiger partial charge in [0, 0.05) is 13.0 Å². The fraction of sp³-hybridized carbons (Fsp3) is 0.765. The summed E-state index contributed by atoms with van der Waals surface area (Å²) >= 11 is 0. The number of rotatable bonds is 10. The molecule has 0 fully saturated rings. The van der Waals surface area contributed by atoms with Crippen molar-refractivity contribution in [2.45, 2.75) is 72.1 Å². The minimum atomic E-state index is 0.974. The Morgan fingerprint density at radius 3 is 2.39 bits per heavy atom. The van der Waals surface area contributed by atoms with Crippen molar-refractivity contribution in [2.24, 2.45) is 0 Å². The van der Waals surface area contributed by atoms with Crippen molar-refractivity contribution in [3.63, 3.8) is 0 Å². The van der Waals surface area contributed by atoms with E-state index in [-0.39, 0.29) is 0 Å². The van der Waals surface area contributed by atoms with Crippen LogP contribution >= 0.6 is 0 Å². The van der Waals surface area contributed by atoms with E-state index in [2.05, 4.69) is 44.0 Å². The van der Waals surface area contributed by atoms with Crippen molar-refractivity contribution in [3.8, 4) is 11.8 Å². The van der Waals surface area contributed by atoms with Gasteiger partial charge in [-0.2, -0.15) is 0 Å². The van der Waals surface area contributed by atoms with Crippen molar-refractivity contribution in [3.05, 3.63) is 11.6 Å². The van der Waals surface area contributed by atoms with Gasteiger partial charge in [-0.05, 0) is 37.8 Å². The van der Waals surface area contributed by atoms with Crippen molar-refractivity contribution in [1.82, 2.24) is 5.32 Å². The van der Waals surface area contributed by atoms with Crippen LogP contribution in [0.3, 0.4) is 0 Å². The van der Waals surface area contributed by atoms with Crippen LogP contribution in [-0.2, 0) is 0 Å². The van der Waals surface area contributed by atoms with Gasteiger partial charge in [0.2, 0.25) is 0 Å². The zero-order chi connectivity index (χ0) is 13.5. The SMILES string of the molecule is CCCCC#C/C(=C\CNCCCC)CCCC. The molecule has 1 heteroatoms.